The lowest BCUT2D eigenvalue weighted by molar-refractivity contribution is -0.146. The first kappa shape index (κ1) is 19.0. The Balaban J connectivity index is 2.23. The lowest BCUT2D eigenvalue weighted by Gasteiger charge is -2.19. The second-order valence-electron chi connectivity index (χ2n) is 7.11. The first-order valence-corrected chi connectivity index (χ1v) is 8.62. The molecule has 0 bridgehead atoms. The number of furan rings is 1. The maximum atomic E-state index is 12.4. The van der Waals surface area contributed by atoms with Crippen molar-refractivity contribution in [3.8, 4) is 0 Å². The molecule has 0 saturated heterocycles. The molecule has 1 amide bonds. The number of hydrogen-bond donors (Lipinski definition) is 1. The lowest BCUT2D eigenvalue weighted by Crippen LogP contribution is -2.45. The van der Waals surface area contributed by atoms with E-state index in [1.807, 2.05) is 19.9 Å². The second-order valence-corrected chi connectivity index (χ2v) is 7.11. The van der Waals surface area contributed by atoms with Gasteiger partial charge < -0.3 is 14.5 Å². The predicted octanol–water partition coefficient (Wildman–Crippen LogP) is 3.72. The van der Waals surface area contributed by atoms with Gasteiger partial charge in [0, 0.05) is 10.9 Å². The van der Waals surface area contributed by atoms with Crippen LogP contribution in [0.5, 0.6) is 0 Å². The van der Waals surface area contributed by atoms with Crippen LogP contribution in [-0.2, 0) is 20.7 Å². The van der Waals surface area contributed by atoms with Crippen LogP contribution in [0.3, 0.4) is 0 Å². The quantitative estimate of drug-likeness (QED) is 0.810. The van der Waals surface area contributed by atoms with Crippen molar-refractivity contribution in [1.82, 2.24) is 5.32 Å². The number of carbonyl (C=O) groups excluding carboxylic acids is 2. The number of benzene rings is 1. The first-order valence-electron chi connectivity index (χ1n) is 8.62. The molecule has 0 radical (unpaired) electrons. The SMILES string of the molecule is COC(=O)C(NC(=O)Cc1coc2cc(C)c(C(C)C)cc12)C(C)C. The summed E-state index contributed by atoms with van der Waals surface area (Å²) in [7, 11) is 1.32. The van der Waals surface area contributed by atoms with E-state index in [4.69, 9.17) is 9.15 Å². The summed E-state index contributed by atoms with van der Waals surface area (Å²) < 4.78 is 10.4. The van der Waals surface area contributed by atoms with Crippen molar-refractivity contribution >= 4 is 22.8 Å². The Morgan fingerprint density at radius 1 is 1.20 bits per heavy atom. The number of ether oxygens (including phenoxy) is 1. The molecule has 0 aliphatic carbocycles. The Morgan fingerprint density at radius 3 is 2.44 bits per heavy atom. The van der Waals surface area contributed by atoms with Gasteiger partial charge in [-0.05, 0) is 42.0 Å². The monoisotopic (exact) mass is 345 g/mol. The number of methoxy groups -OCH3 is 1. The Bertz CT molecular complexity index is 773. The minimum atomic E-state index is -0.649. The van der Waals surface area contributed by atoms with Crippen molar-refractivity contribution in [1.29, 1.82) is 0 Å². The number of hydrogen-bond acceptors (Lipinski definition) is 4. The first-order chi connectivity index (χ1) is 11.7. The average molecular weight is 345 g/mol. The summed E-state index contributed by atoms with van der Waals surface area (Å²) in [6.45, 7) is 10.1. The molecule has 0 aliphatic heterocycles. The van der Waals surface area contributed by atoms with Crippen molar-refractivity contribution in [2.45, 2.75) is 53.0 Å². The highest BCUT2D eigenvalue weighted by molar-refractivity contribution is 5.90. The van der Waals surface area contributed by atoms with Crippen LogP contribution < -0.4 is 5.32 Å². The van der Waals surface area contributed by atoms with Crippen LogP contribution in [0.15, 0.2) is 22.8 Å². The number of amides is 1. The molecule has 0 aliphatic rings. The molecular weight excluding hydrogens is 318 g/mol. The van der Waals surface area contributed by atoms with E-state index in [0.717, 1.165) is 16.5 Å². The van der Waals surface area contributed by atoms with Gasteiger partial charge in [0.1, 0.15) is 11.6 Å². The molecule has 1 unspecified atom stereocenters. The molecule has 0 saturated carbocycles. The van der Waals surface area contributed by atoms with Gasteiger partial charge in [-0.25, -0.2) is 4.79 Å². The molecule has 2 rings (SSSR count). The van der Waals surface area contributed by atoms with Gasteiger partial charge in [0.05, 0.1) is 19.8 Å². The minimum Gasteiger partial charge on any atom is -0.467 e. The summed E-state index contributed by atoms with van der Waals surface area (Å²) in [4.78, 5) is 24.2. The summed E-state index contributed by atoms with van der Waals surface area (Å²) in [5, 5.41) is 3.71. The van der Waals surface area contributed by atoms with E-state index >= 15 is 0 Å². The highest BCUT2D eigenvalue weighted by atomic mass is 16.5. The summed E-state index contributed by atoms with van der Waals surface area (Å²) in [5.74, 6) is -0.310. The standard InChI is InChI=1S/C20H27NO4/c1-11(2)15-9-16-14(10-25-17(16)7-13(15)5)8-18(22)21-19(12(3)4)20(23)24-6/h7,9-12,19H,8H2,1-6H3,(H,21,22). The van der Waals surface area contributed by atoms with Crippen LogP contribution in [0.1, 0.15) is 50.3 Å². The highest BCUT2D eigenvalue weighted by Crippen LogP contribution is 2.29. The Kier molecular flexibility index (Phi) is 5.88. The van der Waals surface area contributed by atoms with Gasteiger partial charge in [-0.2, -0.15) is 0 Å². The van der Waals surface area contributed by atoms with Crippen molar-refractivity contribution in [3.05, 3.63) is 35.1 Å². The fourth-order valence-corrected chi connectivity index (χ4v) is 3.03. The third kappa shape index (κ3) is 4.21. The number of esters is 1. The number of fused-ring (bicyclic) bond motifs is 1. The van der Waals surface area contributed by atoms with Crippen LogP contribution >= 0.6 is 0 Å². The van der Waals surface area contributed by atoms with E-state index in [9.17, 15) is 9.59 Å². The molecule has 0 fully saturated rings. The van der Waals surface area contributed by atoms with Gasteiger partial charge in [-0.3, -0.25) is 4.79 Å². The zero-order valence-electron chi connectivity index (χ0n) is 15.8. The summed E-state index contributed by atoms with van der Waals surface area (Å²) in [5.41, 5.74) is 4.02. The molecular formula is C20H27NO4. The van der Waals surface area contributed by atoms with E-state index in [1.54, 1.807) is 6.26 Å². The third-order valence-corrected chi connectivity index (χ3v) is 4.45. The van der Waals surface area contributed by atoms with Gasteiger partial charge in [-0.15, -0.1) is 0 Å². The summed E-state index contributed by atoms with van der Waals surface area (Å²) >= 11 is 0. The van der Waals surface area contributed by atoms with Crippen LogP contribution in [-0.4, -0.2) is 25.0 Å². The van der Waals surface area contributed by atoms with Crippen molar-refractivity contribution in [2.75, 3.05) is 7.11 Å². The van der Waals surface area contributed by atoms with E-state index in [-0.39, 0.29) is 18.2 Å². The largest absolute Gasteiger partial charge is 0.467 e. The van der Waals surface area contributed by atoms with E-state index < -0.39 is 12.0 Å². The molecule has 1 aromatic carbocycles. The lowest BCUT2D eigenvalue weighted by atomic mass is 9.95. The van der Waals surface area contributed by atoms with Gasteiger partial charge in [0.2, 0.25) is 5.91 Å². The van der Waals surface area contributed by atoms with E-state index in [1.165, 1.54) is 18.2 Å². The maximum absolute atomic E-state index is 12.4. The van der Waals surface area contributed by atoms with Crippen LogP contribution in [0, 0.1) is 12.8 Å². The number of aryl methyl sites for hydroxylation is 1. The van der Waals surface area contributed by atoms with Crippen molar-refractivity contribution in [2.24, 2.45) is 5.92 Å². The molecule has 5 nitrogen and oxygen atoms in total. The zero-order valence-corrected chi connectivity index (χ0v) is 15.8. The van der Waals surface area contributed by atoms with Gasteiger partial charge >= 0.3 is 5.97 Å². The van der Waals surface area contributed by atoms with Crippen molar-refractivity contribution < 1.29 is 18.7 Å². The van der Waals surface area contributed by atoms with E-state index in [0.29, 0.717) is 5.92 Å². The summed E-state index contributed by atoms with van der Waals surface area (Å²) in [6.07, 6.45) is 1.78. The fourth-order valence-electron chi connectivity index (χ4n) is 3.03. The van der Waals surface area contributed by atoms with Crippen LogP contribution in [0.25, 0.3) is 11.0 Å². The molecule has 1 atom stereocenters. The number of carbonyl (C=O) groups is 2. The fraction of sp³-hybridized carbons (Fsp3) is 0.500. The van der Waals surface area contributed by atoms with Crippen molar-refractivity contribution in [3.63, 3.8) is 0 Å². The minimum absolute atomic E-state index is 0.0484. The molecule has 1 heterocycles. The zero-order chi connectivity index (χ0) is 18.7. The predicted molar refractivity (Wildman–Crippen MR) is 97.5 cm³/mol. The second kappa shape index (κ2) is 7.72. The molecule has 25 heavy (non-hydrogen) atoms. The normalized spacial score (nSPS) is 12.6. The molecule has 1 aromatic heterocycles. The molecule has 0 spiro atoms. The Hall–Kier alpha value is -2.30. The van der Waals surface area contributed by atoms with E-state index in [2.05, 4.69) is 32.2 Å². The molecule has 136 valence electrons. The third-order valence-electron chi connectivity index (χ3n) is 4.45. The highest BCUT2D eigenvalue weighted by Gasteiger charge is 2.25. The topological polar surface area (TPSA) is 68.5 Å². The maximum Gasteiger partial charge on any atom is 0.328 e. The average Bonchev–Trinajstić information content (AvgIpc) is 2.92. The van der Waals surface area contributed by atoms with Gasteiger partial charge in [0.15, 0.2) is 0 Å². The Labute approximate surface area is 148 Å². The van der Waals surface area contributed by atoms with Crippen LogP contribution in [0.2, 0.25) is 0 Å². The Morgan fingerprint density at radius 2 is 1.88 bits per heavy atom. The summed E-state index contributed by atoms with van der Waals surface area (Å²) in [6, 6.07) is 3.46. The molecule has 1 N–H and O–H groups in total. The molecule has 5 heteroatoms. The van der Waals surface area contributed by atoms with Crippen LogP contribution in [0.4, 0.5) is 0 Å². The number of nitrogens with one attached hydrogen (secondary N) is 1. The van der Waals surface area contributed by atoms with Gasteiger partial charge in [0.25, 0.3) is 0 Å². The molecule has 2 aromatic rings. The smallest absolute Gasteiger partial charge is 0.328 e. The van der Waals surface area contributed by atoms with Gasteiger partial charge in [-0.1, -0.05) is 27.7 Å². The number of rotatable bonds is 6.